The Morgan fingerprint density at radius 1 is 0.615 bits per heavy atom. The molecule has 0 aliphatic carbocycles. The van der Waals surface area contributed by atoms with Crippen molar-refractivity contribution in [2.75, 3.05) is 0 Å². The second-order valence-electron chi connectivity index (χ2n) is 3.99. The third-order valence-electron chi connectivity index (χ3n) is 2.52. The molecule has 1 heteroatoms. The molecule has 0 radical (unpaired) electrons. The quantitative estimate of drug-likeness (QED) is 0.352. The van der Waals surface area contributed by atoms with Gasteiger partial charge in [-0.2, -0.15) is 0 Å². The van der Waals surface area contributed by atoms with Gasteiger partial charge in [-0.05, 0) is 0 Å². The summed E-state index contributed by atoms with van der Waals surface area (Å²) >= 11 is 0.805. The van der Waals surface area contributed by atoms with Gasteiger partial charge in [-0.1, -0.05) is 0 Å². The maximum atomic E-state index is 2.29. The van der Waals surface area contributed by atoms with Gasteiger partial charge < -0.3 is 0 Å². The monoisotopic (exact) mass is 197 g/mol. The van der Waals surface area contributed by atoms with Crippen molar-refractivity contribution in [2.45, 2.75) is 75.8 Å². The summed E-state index contributed by atoms with van der Waals surface area (Å²) in [6.07, 6.45) is 11.7. The number of unbranched alkanes of at least 4 members (excludes halogenated alkanes) is 6. The average molecular weight is 197 g/mol. The van der Waals surface area contributed by atoms with Crippen LogP contribution in [-0.4, -0.2) is 15.2 Å². The SMILES string of the molecule is CCCCC[CH2][Al+][CH2]CCCCC. The van der Waals surface area contributed by atoms with E-state index in [-0.39, 0.29) is 0 Å². The fourth-order valence-electron chi connectivity index (χ4n) is 1.58. The molecule has 0 rings (SSSR count). The first-order chi connectivity index (χ1) is 6.41. The Hall–Kier alpha value is 0.532. The van der Waals surface area contributed by atoms with Crippen molar-refractivity contribution in [1.82, 2.24) is 0 Å². The molecule has 0 heterocycles. The zero-order valence-corrected chi connectivity index (χ0v) is 10.8. The van der Waals surface area contributed by atoms with Crippen LogP contribution in [0.2, 0.25) is 10.6 Å². The van der Waals surface area contributed by atoms with Crippen LogP contribution in [0, 0.1) is 0 Å². The van der Waals surface area contributed by atoms with E-state index in [0.29, 0.717) is 0 Å². The molecule has 0 N–H and O–H groups in total. The Balaban J connectivity index is 2.76. The van der Waals surface area contributed by atoms with Gasteiger partial charge in [0.15, 0.2) is 0 Å². The molecule has 0 atom stereocenters. The van der Waals surface area contributed by atoms with Crippen LogP contribution >= 0.6 is 0 Å². The number of hydrogen-bond acceptors (Lipinski definition) is 0. The molecule has 0 saturated heterocycles. The summed E-state index contributed by atoms with van der Waals surface area (Å²) in [5.74, 6) is 0. The van der Waals surface area contributed by atoms with Crippen molar-refractivity contribution >= 4 is 15.2 Å². The number of hydrogen-bond donors (Lipinski definition) is 0. The van der Waals surface area contributed by atoms with E-state index in [9.17, 15) is 0 Å². The molecule has 13 heavy (non-hydrogen) atoms. The van der Waals surface area contributed by atoms with Crippen LogP contribution in [0.4, 0.5) is 0 Å². The van der Waals surface area contributed by atoms with Gasteiger partial charge in [0.25, 0.3) is 0 Å². The van der Waals surface area contributed by atoms with Crippen LogP contribution in [-0.2, 0) is 0 Å². The zero-order valence-electron chi connectivity index (χ0n) is 9.65. The second kappa shape index (κ2) is 12.5. The van der Waals surface area contributed by atoms with Gasteiger partial charge in [0.1, 0.15) is 0 Å². The molecule has 0 aromatic carbocycles. The molecule has 0 amide bonds. The Bertz CT molecular complexity index is 71.2. The third kappa shape index (κ3) is 12.5. The first-order valence-corrected chi connectivity index (χ1v) is 7.86. The van der Waals surface area contributed by atoms with E-state index in [1.165, 1.54) is 51.4 Å². The molecule has 0 saturated carbocycles. The normalized spacial score (nSPS) is 10.0. The van der Waals surface area contributed by atoms with Crippen LogP contribution in [0.15, 0.2) is 0 Å². The van der Waals surface area contributed by atoms with Gasteiger partial charge in [-0.15, -0.1) is 0 Å². The van der Waals surface area contributed by atoms with E-state index < -0.39 is 0 Å². The fraction of sp³-hybridized carbons (Fsp3) is 1.00. The van der Waals surface area contributed by atoms with E-state index in [1.807, 2.05) is 0 Å². The van der Waals surface area contributed by atoms with Gasteiger partial charge in [0.05, 0.1) is 0 Å². The summed E-state index contributed by atoms with van der Waals surface area (Å²) in [6, 6.07) is 0. The van der Waals surface area contributed by atoms with Crippen molar-refractivity contribution in [1.29, 1.82) is 0 Å². The summed E-state index contributed by atoms with van der Waals surface area (Å²) in [5, 5.41) is 3.12. The molecule has 0 aromatic heterocycles. The van der Waals surface area contributed by atoms with E-state index >= 15 is 0 Å². The standard InChI is InChI=1S/2C6H13.Al/c2*1-3-5-6-4-2;/h2*1,3-6H2,2H3;/q;;+1. The van der Waals surface area contributed by atoms with Crippen LogP contribution in [0.5, 0.6) is 0 Å². The summed E-state index contributed by atoms with van der Waals surface area (Å²) in [6.45, 7) is 4.58. The van der Waals surface area contributed by atoms with Crippen molar-refractivity contribution in [3.05, 3.63) is 0 Å². The summed E-state index contributed by atoms with van der Waals surface area (Å²) in [4.78, 5) is 0. The Morgan fingerprint density at radius 3 is 1.46 bits per heavy atom. The molecule has 0 fully saturated rings. The topological polar surface area (TPSA) is 0 Å². The molecule has 76 valence electrons. The average Bonchev–Trinajstić information content (AvgIpc) is 2.16. The van der Waals surface area contributed by atoms with Gasteiger partial charge in [-0.25, -0.2) is 0 Å². The van der Waals surface area contributed by atoms with Gasteiger partial charge in [0.2, 0.25) is 0 Å². The van der Waals surface area contributed by atoms with Crippen molar-refractivity contribution < 1.29 is 0 Å². The molecule has 0 aliphatic heterocycles. The summed E-state index contributed by atoms with van der Waals surface area (Å²) < 4.78 is 0. The molecular weight excluding hydrogens is 171 g/mol. The van der Waals surface area contributed by atoms with Crippen molar-refractivity contribution in [3.8, 4) is 0 Å². The maximum absolute atomic E-state index is 2.29. The summed E-state index contributed by atoms with van der Waals surface area (Å²) in [7, 11) is 0. The predicted octanol–water partition coefficient (Wildman–Crippen LogP) is 4.69. The van der Waals surface area contributed by atoms with Gasteiger partial charge >= 0.3 is 91.0 Å². The van der Waals surface area contributed by atoms with Gasteiger partial charge in [0, 0.05) is 0 Å². The number of rotatable bonds is 10. The Labute approximate surface area is 91.2 Å². The van der Waals surface area contributed by atoms with E-state index in [2.05, 4.69) is 13.8 Å². The first-order valence-electron chi connectivity index (χ1n) is 6.23. The second-order valence-corrected chi connectivity index (χ2v) is 5.72. The minimum atomic E-state index is 0.805. The minimum absolute atomic E-state index is 0.805. The van der Waals surface area contributed by atoms with E-state index in [1.54, 1.807) is 10.6 Å². The summed E-state index contributed by atoms with van der Waals surface area (Å²) in [5.41, 5.74) is 0. The fourth-order valence-corrected chi connectivity index (χ4v) is 3.02. The molecular formula is C12H26Al+. The molecule has 0 bridgehead atoms. The van der Waals surface area contributed by atoms with Crippen LogP contribution in [0.3, 0.4) is 0 Å². The van der Waals surface area contributed by atoms with Crippen molar-refractivity contribution in [2.24, 2.45) is 0 Å². The molecule has 0 aromatic rings. The molecule has 0 spiro atoms. The van der Waals surface area contributed by atoms with Gasteiger partial charge in [-0.3, -0.25) is 0 Å². The van der Waals surface area contributed by atoms with E-state index in [0.717, 1.165) is 15.2 Å². The molecule has 0 unspecified atom stereocenters. The molecule has 0 nitrogen and oxygen atoms in total. The van der Waals surface area contributed by atoms with Crippen molar-refractivity contribution in [3.63, 3.8) is 0 Å². The Morgan fingerprint density at radius 2 is 1.08 bits per heavy atom. The Kier molecular flexibility index (Phi) is 13.0. The van der Waals surface area contributed by atoms with Crippen LogP contribution < -0.4 is 0 Å². The molecule has 0 aliphatic rings. The zero-order chi connectivity index (χ0) is 9.78. The third-order valence-corrected chi connectivity index (χ3v) is 4.16. The first kappa shape index (κ1) is 13.5. The van der Waals surface area contributed by atoms with Crippen LogP contribution in [0.1, 0.15) is 65.2 Å². The predicted molar refractivity (Wildman–Crippen MR) is 63.7 cm³/mol. The van der Waals surface area contributed by atoms with E-state index in [4.69, 9.17) is 0 Å². The van der Waals surface area contributed by atoms with Crippen LogP contribution in [0.25, 0.3) is 0 Å².